The van der Waals surface area contributed by atoms with Gasteiger partial charge in [0.25, 0.3) is 0 Å². The van der Waals surface area contributed by atoms with Crippen molar-refractivity contribution in [3.05, 3.63) is 29.3 Å². The molecule has 2 heteroatoms. The summed E-state index contributed by atoms with van der Waals surface area (Å²) in [5, 5.41) is 0. The second-order valence-electron chi connectivity index (χ2n) is 6.07. The van der Waals surface area contributed by atoms with Gasteiger partial charge in [0, 0.05) is 12.0 Å². The molecular weight excluding hydrogens is 236 g/mol. The van der Waals surface area contributed by atoms with Crippen LogP contribution in [0.3, 0.4) is 0 Å². The van der Waals surface area contributed by atoms with Crippen LogP contribution >= 0.6 is 0 Å². The van der Waals surface area contributed by atoms with Gasteiger partial charge in [-0.05, 0) is 29.9 Å². The highest BCUT2D eigenvalue weighted by Gasteiger charge is 2.28. The molecule has 1 aromatic carbocycles. The summed E-state index contributed by atoms with van der Waals surface area (Å²) < 4.78 is 5.72. The monoisotopic (exact) mass is 260 g/mol. The Balaban J connectivity index is 2.15. The lowest BCUT2D eigenvalue weighted by Gasteiger charge is -2.32. The summed E-state index contributed by atoms with van der Waals surface area (Å²) in [4.78, 5) is 12.1. The van der Waals surface area contributed by atoms with Crippen LogP contribution in [0.2, 0.25) is 0 Å². The molecule has 0 amide bonds. The Morgan fingerprint density at radius 2 is 2.11 bits per heavy atom. The van der Waals surface area contributed by atoms with E-state index in [1.54, 1.807) is 0 Å². The highest BCUT2D eigenvalue weighted by atomic mass is 16.5. The molecule has 0 unspecified atom stereocenters. The Bertz CT molecular complexity index is 460. The Kier molecular flexibility index (Phi) is 4.28. The van der Waals surface area contributed by atoms with Gasteiger partial charge < -0.3 is 4.74 Å². The number of fused-ring (bicyclic) bond motifs is 1. The van der Waals surface area contributed by atoms with Gasteiger partial charge in [-0.2, -0.15) is 0 Å². The Morgan fingerprint density at radius 3 is 2.84 bits per heavy atom. The molecule has 0 aromatic heterocycles. The van der Waals surface area contributed by atoms with Gasteiger partial charge >= 0.3 is 0 Å². The van der Waals surface area contributed by atoms with Gasteiger partial charge in [0.15, 0.2) is 5.78 Å². The molecule has 0 saturated heterocycles. The second kappa shape index (κ2) is 5.77. The molecule has 0 saturated carbocycles. The smallest absolute Gasteiger partial charge is 0.163 e. The van der Waals surface area contributed by atoms with E-state index in [4.69, 9.17) is 4.74 Å². The maximum atomic E-state index is 12.1. The molecule has 0 spiro atoms. The lowest BCUT2D eigenvalue weighted by molar-refractivity contribution is 0.0978. The molecule has 0 aliphatic carbocycles. The first-order chi connectivity index (χ1) is 9.04. The normalized spacial score (nSPS) is 16.6. The van der Waals surface area contributed by atoms with E-state index in [2.05, 4.69) is 26.8 Å². The summed E-state index contributed by atoms with van der Waals surface area (Å²) in [6.45, 7) is 7.36. The van der Waals surface area contributed by atoms with Crippen LogP contribution in [0.15, 0.2) is 18.2 Å². The van der Waals surface area contributed by atoms with E-state index < -0.39 is 0 Å². The van der Waals surface area contributed by atoms with Crippen LogP contribution in [-0.4, -0.2) is 12.4 Å². The van der Waals surface area contributed by atoms with Crippen LogP contribution in [0.5, 0.6) is 5.75 Å². The summed E-state index contributed by atoms with van der Waals surface area (Å²) in [6.07, 6.45) is 4.94. The third-order valence-corrected chi connectivity index (χ3v) is 4.02. The fourth-order valence-corrected chi connectivity index (χ4v) is 2.61. The number of carbonyl (C=O) groups is 1. The third-order valence-electron chi connectivity index (χ3n) is 4.02. The summed E-state index contributed by atoms with van der Waals surface area (Å²) in [6, 6.07) is 5.97. The number of rotatable bonds is 5. The van der Waals surface area contributed by atoms with Crippen molar-refractivity contribution in [2.24, 2.45) is 0 Å². The quantitative estimate of drug-likeness (QED) is 0.575. The van der Waals surface area contributed by atoms with E-state index in [0.29, 0.717) is 6.42 Å². The fraction of sp³-hybridized carbons (Fsp3) is 0.588. The maximum Gasteiger partial charge on any atom is 0.163 e. The van der Waals surface area contributed by atoms with Crippen molar-refractivity contribution >= 4 is 5.78 Å². The molecule has 104 valence electrons. The Hall–Kier alpha value is -1.31. The number of ether oxygens (including phenoxy) is 1. The first-order valence-electron chi connectivity index (χ1n) is 7.35. The Morgan fingerprint density at radius 1 is 1.32 bits per heavy atom. The maximum absolute atomic E-state index is 12.1. The van der Waals surface area contributed by atoms with Gasteiger partial charge in [0.05, 0.1) is 6.61 Å². The molecule has 0 atom stereocenters. The molecule has 0 radical (unpaired) electrons. The van der Waals surface area contributed by atoms with E-state index in [1.165, 1.54) is 5.56 Å². The van der Waals surface area contributed by atoms with E-state index in [-0.39, 0.29) is 11.2 Å². The van der Waals surface area contributed by atoms with E-state index in [1.807, 2.05) is 12.1 Å². The zero-order valence-corrected chi connectivity index (χ0v) is 12.3. The molecule has 2 nitrogen and oxygen atoms in total. The summed E-state index contributed by atoms with van der Waals surface area (Å²) in [5.41, 5.74) is 2.17. The molecule has 1 aliphatic rings. The van der Waals surface area contributed by atoms with Crippen molar-refractivity contribution in [3.63, 3.8) is 0 Å². The van der Waals surface area contributed by atoms with Gasteiger partial charge in [-0.15, -0.1) is 0 Å². The predicted molar refractivity (Wildman–Crippen MR) is 78.1 cm³/mol. The first-order valence-corrected chi connectivity index (χ1v) is 7.35. The minimum atomic E-state index is 0.150. The minimum absolute atomic E-state index is 0.150. The van der Waals surface area contributed by atoms with Crippen molar-refractivity contribution in [2.45, 2.75) is 58.3 Å². The van der Waals surface area contributed by atoms with Crippen LogP contribution in [0.1, 0.15) is 68.8 Å². The standard InChI is InChI=1S/C17H24O2/c1-4-5-6-7-15(18)13-8-9-14-16(12-13)19-11-10-17(14,2)3/h8-9,12H,4-7,10-11H2,1-3H3. The van der Waals surface area contributed by atoms with Crippen molar-refractivity contribution in [3.8, 4) is 5.75 Å². The van der Waals surface area contributed by atoms with Crippen LogP contribution in [-0.2, 0) is 5.41 Å². The van der Waals surface area contributed by atoms with Crippen LogP contribution in [0.4, 0.5) is 0 Å². The van der Waals surface area contributed by atoms with Gasteiger partial charge in [0.1, 0.15) is 5.75 Å². The van der Waals surface area contributed by atoms with Gasteiger partial charge in [-0.1, -0.05) is 45.7 Å². The lowest BCUT2D eigenvalue weighted by atomic mass is 9.79. The zero-order chi connectivity index (χ0) is 13.9. The average molecular weight is 260 g/mol. The van der Waals surface area contributed by atoms with E-state index in [0.717, 1.165) is 43.6 Å². The molecule has 0 N–H and O–H groups in total. The van der Waals surface area contributed by atoms with Crippen molar-refractivity contribution in [2.75, 3.05) is 6.61 Å². The molecular formula is C17H24O2. The average Bonchev–Trinajstić information content (AvgIpc) is 2.38. The van der Waals surface area contributed by atoms with Gasteiger partial charge in [-0.3, -0.25) is 4.79 Å². The molecule has 19 heavy (non-hydrogen) atoms. The van der Waals surface area contributed by atoms with Crippen LogP contribution < -0.4 is 4.74 Å². The summed E-state index contributed by atoms with van der Waals surface area (Å²) in [5.74, 6) is 1.14. The molecule has 1 aliphatic heterocycles. The first kappa shape index (κ1) is 14.1. The topological polar surface area (TPSA) is 26.3 Å². The number of hydrogen-bond acceptors (Lipinski definition) is 2. The Labute approximate surface area is 116 Å². The summed E-state index contributed by atoms with van der Waals surface area (Å²) >= 11 is 0. The van der Waals surface area contributed by atoms with E-state index in [9.17, 15) is 4.79 Å². The lowest BCUT2D eigenvalue weighted by Crippen LogP contribution is -2.26. The van der Waals surface area contributed by atoms with Crippen LogP contribution in [0.25, 0.3) is 0 Å². The molecule has 0 fully saturated rings. The minimum Gasteiger partial charge on any atom is -0.493 e. The zero-order valence-electron chi connectivity index (χ0n) is 12.3. The number of hydrogen-bond donors (Lipinski definition) is 0. The van der Waals surface area contributed by atoms with Crippen molar-refractivity contribution in [1.29, 1.82) is 0 Å². The third kappa shape index (κ3) is 3.17. The highest BCUT2D eigenvalue weighted by Crippen LogP contribution is 2.38. The highest BCUT2D eigenvalue weighted by molar-refractivity contribution is 5.96. The number of ketones is 1. The van der Waals surface area contributed by atoms with Crippen molar-refractivity contribution < 1.29 is 9.53 Å². The molecule has 2 rings (SSSR count). The van der Waals surface area contributed by atoms with E-state index >= 15 is 0 Å². The second-order valence-corrected chi connectivity index (χ2v) is 6.07. The molecule has 0 bridgehead atoms. The predicted octanol–water partition coefficient (Wildman–Crippen LogP) is 4.51. The molecule has 1 aromatic rings. The van der Waals surface area contributed by atoms with Crippen molar-refractivity contribution in [1.82, 2.24) is 0 Å². The number of carbonyl (C=O) groups excluding carboxylic acids is 1. The summed E-state index contributed by atoms with van der Waals surface area (Å²) in [7, 11) is 0. The fourth-order valence-electron chi connectivity index (χ4n) is 2.61. The number of Topliss-reactive ketones (excluding diaryl/α,β-unsaturated/α-hetero) is 1. The van der Waals surface area contributed by atoms with Gasteiger partial charge in [-0.25, -0.2) is 0 Å². The largest absolute Gasteiger partial charge is 0.493 e. The SMILES string of the molecule is CCCCCC(=O)c1ccc2c(c1)OCCC2(C)C. The van der Waals surface area contributed by atoms with Gasteiger partial charge in [0.2, 0.25) is 0 Å². The van der Waals surface area contributed by atoms with Crippen LogP contribution in [0, 0.1) is 0 Å². The number of benzene rings is 1. The number of unbranched alkanes of at least 4 members (excludes halogenated alkanes) is 2. The molecule has 1 heterocycles.